The van der Waals surface area contributed by atoms with Crippen LogP contribution in [-0.2, 0) is 4.74 Å². The molecule has 0 atom stereocenters. The van der Waals surface area contributed by atoms with Crippen molar-refractivity contribution in [3.63, 3.8) is 0 Å². The standard InChI is InChI=1S/C24H27N7O6S2/c1-34-16-3-2-8-27-19(16)15-13-17(21(32)29-24-31-30-23(39-24)28-18(26)4-7-25)37-22(33)20(15)36-10-9-35-14-5-11-38-12-6-14/h2-4,7-8,13-14H,5-6,9-12,25H2,1H3,(H2,26,28,30)(H,29,31,32)/b7-4-. The molecule has 4 heterocycles. The summed E-state index contributed by atoms with van der Waals surface area (Å²) < 4.78 is 22.4. The number of carbonyl (C=O) groups is 1. The number of hydrogen-bond donors (Lipinski definition) is 3. The monoisotopic (exact) mass is 573 g/mol. The van der Waals surface area contributed by atoms with E-state index in [-0.39, 0.29) is 45.9 Å². The van der Waals surface area contributed by atoms with Crippen LogP contribution < -0.4 is 31.9 Å². The van der Waals surface area contributed by atoms with E-state index in [0.717, 1.165) is 35.7 Å². The Kier molecular flexibility index (Phi) is 9.88. The van der Waals surface area contributed by atoms with Crippen molar-refractivity contribution in [3.8, 4) is 22.8 Å². The van der Waals surface area contributed by atoms with Crippen LogP contribution in [0.1, 0.15) is 23.4 Å². The van der Waals surface area contributed by atoms with Gasteiger partial charge in [-0.05, 0) is 48.8 Å². The lowest BCUT2D eigenvalue weighted by atomic mass is 10.1. The van der Waals surface area contributed by atoms with E-state index in [0.29, 0.717) is 18.1 Å². The van der Waals surface area contributed by atoms with Gasteiger partial charge in [0.05, 0.1) is 25.4 Å². The van der Waals surface area contributed by atoms with Crippen LogP contribution in [0, 0.1) is 0 Å². The number of nitrogens with zero attached hydrogens (tertiary/aromatic N) is 4. The number of rotatable bonds is 11. The summed E-state index contributed by atoms with van der Waals surface area (Å²) in [7, 11) is 1.47. The molecule has 3 aromatic rings. The van der Waals surface area contributed by atoms with Gasteiger partial charge in [-0.15, -0.1) is 10.2 Å². The Morgan fingerprint density at radius 1 is 1.31 bits per heavy atom. The highest BCUT2D eigenvalue weighted by molar-refractivity contribution is 7.99. The molecule has 13 nitrogen and oxygen atoms in total. The first kappa shape index (κ1) is 28.1. The summed E-state index contributed by atoms with van der Waals surface area (Å²) in [6.07, 6.45) is 6.28. The molecule has 0 aromatic carbocycles. The first-order chi connectivity index (χ1) is 19.0. The summed E-state index contributed by atoms with van der Waals surface area (Å²) >= 11 is 2.87. The van der Waals surface area contributed by atoms with Crippen LogP contribution in [0.4, 0.5) is 10.3 Å². The Labute approximate surface area is 231 Å². The van der Waals surface area contributed by atoms with Crippen molar-refractivity contribution in [1.82, 2.24) is 15.2 Å². The number of aliphatic imine (C=N–C) groups is 1. The molecule has 0 spiro atoms. The minimum atomic E-state index is -0.858. The molecule has 0 bridgehead atoms. The third-order valence-corrected chi connectivity index (χ3v) is 7.14. The third-order valence-electron chi connectivity index (χ3n) is 5.36. The molecule has 1 aliphatic heterocycles. The van der Waals surface area contributed by atoms with Gasteiger partial charge in [0.15, 0.2) is 5.76 Å². The number of amides is 1. The number of ether oxygens (including phenoxy) is 3. The molecule has 1 amide bonds. The van der Waals surface area contributed by atoms with Crippen LogP contribution in [0.15, 0.2) is 50.9 Å². The minimum Gasteiger partial charge on any atom is -0.494 e. The highest BCUT2D eigenvalue weighted by Gasteiger charge is 2.23. The number of hydrogen-bond acceptors (Lipinski definition) is 13. The topological polar surface area (TPSA) is 190 Å². The molecule has 15 heteroatoms. The maximum absolute atomic E-state index is 13.0. The number of anilines is 1. The Morgan fingerprint density at radius 3 is 2.90 bits per heavy atom. The summed E-state index contributed by atoms with van der Waals surface area (Å²) in [4.78, 5) is 34.3. The van der Waals surface area contributed by atoms with Gasteiger partial charge in [-0.3, -0.25) is 15.1 Å². The lowest BCUT2D eigenvalue weighted by Gasteiger charge is -2.21. The van der Waals surface area contributed by atoms with Crippen LogP contribution in [0.2, 0.25) is 0 Å². The number of methoxy groups -OCH3 is 1. The first-order valence-electron chi connectivity index (χ1n) is 11.9. The second-order valence-electron chi connectivity index (χ2n) is 7.97. The molecule has 4 rings (SSSR count). The average molecular weight is 574 g/mol. The summed E-state index contributed by atoms with van der Waals surface area (Å²) in [6.45, 7) is 0.405. The van der Waals surface area contributed by atoms with E-state index in [9.17, 15) is 9.59 Å². The molecule has 1 saturated heterocycles. The van der Waals surface area contributed by atoms with Crippen molar-refractivity contribution in [1.29, 1.82) is 0 Å². The molecule has 1 aliphatic rings. The van der Waals surface area contributed by atoms with Crippen LogP contribution >= 0.6 is 23.1 Å². The average Bonchev–Trinajstić information content (AvgIpc) is 3.38. The minimum absolute atomic E-state index is 0.109. The molecule has 0 saturated carbocycles. The molecule has 0 aliphatic carbocycles. The van der Waals surface area contributed by atoms with E-state index in [1.165, 1.54) is 31.6 Å². The van der Waals surface area contributed by atoms with E-state index in [2.05, 4.69) is 25.5 Å². The van der Waals surface area contributed by atoms with Gasteiger partial charge in [0.1, 0.15) is 23.9 Å². The van der Waals surface area contributed by atoms with Gasteiger partial charge in [0.2, 0.25) is 16.0 Å². The zero-order valence-corrected chi connectivity index (χ0v) is 22.6. The van der Waals surface area contributed by atoms with Gasteiger partial charge < -0.3 is 30.1 Å². The fourth-order valence-electron chi connectivity index (χ4n) is 3.58. The first-order valence-corrected chi connectivity index (χ1v) is 13.8. The van der Waals surface area contributed by atoms with Crippen LogP contribution in [0.5, 0.6) is 11.5 Å². The lowest BCUT2D eigenvalue weighted by Crippen LogP contribution is -2.23. The van der Waals surface area contributed by atoms with E-state index in [1.807, 2.05) is 11.8 Å². The van der Waals surface area contributed by atoms with Gasteiger partial charge in [-0.1, -0.05) is 11.3 Å². The summed E-state index contributed by atoms with van der Waals surface area (Å²) in [5.41, 5.74) is 10.6. The van der Waals surface area contributed by atoms with E-state index in [4.69, 9.17) is 30.1 Å². The van der Waals surface area contributed by atoms with Crippen molar-refractivity contribution >= 4 is 45.1 Å². The molecular weight excluding hydrogens is 546 g/mol. The SMILES string of the molecule is COc1cccnc1-c1cc(C(=O)Nc2nnc(/N=C(N)/C=C\N)s2)oc(=O)c1OCCOC1CCSCC1. The number of thioether (sulfide) groups is 1. The maximum Gasteiger partial charge on any atom is 0.379 e. The van der Waals surface area contributed by atoms with E-state index >= 15 is 0 Å². The predicted molar refractivity (Wildman–Crippen MR) is 149 cm³/mol. The van der Waals surface area contributed by atoms with Crippen molar-refractivity contribution in [2.24, 2.45) is 16.5 Å². The van der Waals surface area contributed by atoms with Crippen LogP contribution in [0.3, 0.4) is 0 Å². The van der Waals surface area contributed by atoms with E-state index < -0.39 is 11.5 Å². The Hall–Kier alpha value is -3.95. The molecule has 206 valence electrons. The van der Waals surface area contributed by atoms with Gasteiger partial charge in [-0.25, -0.2) is 9.79 Å². The second-order valence-corrected chi connectivity index (χ2v) is 10.1. The number of nitrogens with two attached hydrogens (primary N) is 2. The Morgan fingerprint density at radius 2 is 2.13 bits per heavy atom. The third kappa shape index (κ3) is 7.55. The van der Waals surface area contributed by atoms with Gasteiger partial charge in [0, 0.05) is 12.3 Å². The molecular formula is C24H27N7O6S2. The maximum atomic E-state index is 13.0. The number of carbonyl (C=O) groups excluding carboxylic acids is 1. The Balaban J connectivity index is 1.56. The fourth-order valence-corrected chi connectivity index (χ4v) is 5.28. The van der Waals surface area contributed by atoms with Crippen molar-refractivity contribution in [3.05, 3.63) is 52.9 Å². The zero-order chi connectivity index (χ0) is 27.6. The molecule has 3 aromatic heterocycles. The molecule has 0 unspecified atom stereocenters. The molecule has 39 heavy (non-hydrogen) atoms. The van der Waals surface area contributed by atoms with Crippen LogP contribution in [0.25, 0.3) is 11.3 Å². The van der Waals surface area contributed by atoms with E-state index in [1.54, 1.807) is 12.1 Å². The number of aromatic nitrogens is 3. The molecule has 1 fully saturated rings. The molecule has 5 N–H and O–H groups in total. The normalized spacial score (nSPS) is 14.4. The number of amidine groups is 1. The molecule has 0 radical (unpaired) electrons. The smallest absolute Gasteiger partial charge is 0.379 e. The van der Waals surface area contributed by atoms with Gasteiger partial charge in [-0.2, -0.15) is 11.8 Å². The van der Waals surface area contributed by atoms with Crippen molar-refractivity contribution in [2.45, 2.75) is 18.9 Å². The highest BCUT2D eigenvalue weighted by Crippen LogP contribution is 2.34. The quantitative estimate of drug-likeness (QED) is 0.173. The zero-order valence-electron chi connectivity index (χ0n) is 21.0. The van der Waals surface area contributed by atoms with Crippen LogP contribution in [-0.4, -0.2) is 64.9 Å². The van der Waals surface area contributed by atoms with Gasteiger partial charge >= 0.3 is 5.63 Å². The van der Waals surface area contributed by atoms with Crippen molar-refractivity contribution < 1.29 is 23.4 Å². The second kappa shape index (κ2) is 13.7. The largest absolute Gasteiger partial charge is 0.494 e. The summed E-state index contributed by atoms with van der Waals surface area (Å²) in [5, 5.41) is 10.5. The summed E-state index contributed by atoms with van der Waals surface area (Å²) in [6, 6.07) is 4.73. The summed E-state index contributed by atoms with van der Waals surface area (Å²) in [5.74, 6) is 1.48. The van der Waals surface area contributed by atoms with Gasteiger partial charge in [0.25, 0.3) is 5.91 Å². The highest BCUT2D eigenvalue weighted by atomic mass is 32.2. The lowest BCUT2D eigenvalue weighted by molar-refractivity contribution is 0.0289. The fraction of sp³-hybridized carbons (Fsp3) is 0.333. The predicted octanol–water partition coefficient (Wildman–Crippen LogP) is 2.57. The number of pyridine rings is 1. The van der Waals surface area contributed by atoms with Crippen molar-refractivity contribution in [2.75, 3.05) is 37.1 Å². The number of nitrogens with one attached hydrogen (secondary N) is 1. The Bertz CT molecular complexity index is 1400.